The van der Waals surface area contributed by atoms with Crippen molar-refractivity contribution in [1.29, 1.82) is 0 Å². The predicted octanol–water partition coefficient (Wildman–Crippen LogP) is 2.84. The Morgan fingerprint density at radius 3 is 2.82 bits per heavy atom. The number of amides is 1. The summed E-state index contributed by atoms with van der Waals surface area (Å²) in [6.07, 6.45) is -4.41. The number of ether oxygens (including phenoxy) is 1. The van der Waals surface area contributed by atoms with Gasteiger partial charge in [-0.15, -0.1) is 11.3 Å². The molecule has 2 N–H and O–H groups in total. The minimum atomic E-state index is -4.41. The number of aromatic nitrogens is 1. The summed E-state index contributed by atoms with van der Waals surface area (Å²) >= 11 is 1.32. The highest BCUT2D eigenvalue weighted by molar-refractivity contribution is 7.13. The lowest BCUT2D eigenvalue weighted by Gasteiger charge is -2.26. The first kappa shape index (κ1) is 20.6. The fourth-order valence-electron chi connectivity index (χ4n) is 2.74. The summed E-state index contributed by atoms with van der Waals surface area (Å²) in [7, 11) is 0. The largest absolute Gasteiger partial charge is 0.416 e. The van der Waals surface area contributed by atoms with E-state index in [4.69, 9.17) is 4.74 Å². The minimum Gasteiger partial charge on any atom is -0.379 e. The van der Waals surface area contributed by atoms with E-state index in [1.807, 2.05) is 0 Å². The second-order valence-electron chi connectivity index (χ2n) is 6.30. The highest BCUT2D eigenvalue weighted by Gasteiger charge is 2.30. The van der Waals surface area contributed by atoms with Crippen molar-refractivity contribution in [3.05, 3.63) is 46.5 Å². The van der Waals surface area contributed by atoms with Gasteiger partial charge < -0.3 is 15.4 Å². The molecule has 1 aliphatic heterocycles. The van der Waals surface area contributed by atoms with Crippen LogP contribution in [0.2, 0.25) is 0 Å². The quantitative estimate of drug-likeness (QED) is 0.730. The summed E-state index contributed by atoms with van der Waals surface area (Å²) < 4.78 is 43.5. The molecule has 3 rings (SSSR count). The summed E-state index contributed by atoms with van der Waals surface area (Å²) in [4.78, 5) is 18.7. The molecule has 1 saturated heterocycles. The molecular weight excluding hydrogens is 393 g/mol. The zero-order valence-electron chi connectivity index (χ0n) is 15.1. The van der Waals surface area contributed by atoms with Crippen LogP contribution in [0.1, 0.15) is 21.6 Å². The van der Waals surface area contributed by atoms with Crippen molar-refractivity contribution in [2.24, 2.45) is 0 Å². The predicted molar refractivity (Wildman–Crippen MR) is 100 cm³/mol. The molecule has 0 aliphatic carbocycles. The lowest BCUT2D eigenvalue weighted by atomic mass is 10.1. The highest BCUT2D eigenvalue weighted by atomic mass is 32.1. The number of hydrogen-bond acceptors (Lipinski definition) is 6. The molecule has 1 aromatic carbocycles. The van der Waals surface area contributed by atoms with Crippen LogP contribution in [0.5, 0.6) is 0 Å². The van der Waals surface area contributed by atoms with Gasteiger partial charge >= 0.3 is 6.18 Å². The highest BCUT2D eigenvalue weighted by Crippen LogP contribution is 2.29. The monoisotopic (exact) mass is 414 g/mol. The van der Waals surface area contributed by atoms with E-state index in [-0.39, 0.29) is 12.2 Å². The van der Waals surface area contributed by atoms with Gasteiger partial charge in [0.25, 0.3) is 5.91 Å². The molecule has 1 amide bonds. The van der Waals surface area contributed by atoms with Gasteiger partial charge in [-0.25, -0.2) is 4.98 Å². The molecule has 10 heteroatoms. The standard InChI is InChI=1S/C18H21F3N4O2S/c19-18(20,21)14-3-1-2-13(10-14)11-23-16(26)15-12-28-17(24-15)22-4-5-25-6-8-27-9-7-25/h1-3,10,12H,4-9,11H2,(H,22,24)(H,23,26). The van der Waals surface area contributed by atoms with Crippen LogP contribution in [0, 0.1) is 0 Å². The van der Waals surface area contributed by atoms with E-state index in [9.17, 15) is 18.0 Å². The molecule has 6 nitrogen and oxygen atoms in total. The average molecular weight is 414 g/mol. The lowest BCUT2D eigenvalue weighted by molar-refractivity contribution is -0.137. The van der Waals surface area contributed by atoms with Crippen molar-refractivity contribution in [3.8, 4) is 0 Å². The van der Waals surface area contributed by atoms with E-state index in [1.165, 1.54) is 23.5 Å². The summed E-state index contributed by atoms with van der Waals surface area (Å²) in [6, 6.07) is 4.89. The Kier molecular flexibility index (Phi) is 6.87. The third-order valence-corrected chi connectivity index (χ3v) is 5.05. The smallest absolute Gasteiger partial charge is 0.379 e. The van der Waals surface area contributed by atoms with Crippen LogP contribution in [0.25, 0.3) is 0 Å². The van der Waals surface area contributed by atoms with Gasteiger partial charge in [-0.3, -0.25) is 9.69 Å². The van der Waals surface area contributed by atoms with Gasteiger partial charge in [0.1, 0.15) is 5.69 Å². The normalized spacial score (nSPS) is 15.4. The summed E-state index contributed by atoms with van der Waals surface area (Å²) in [6.45, 7) is 4.87. The minimum absolute atomic E-state index is 0.0000723. The topological polar surface area (TPSA) is 66.5 Å². The second kappa shape index (κ2) is 9.35. The Morgan fingerprint density at radius 2 is 2.07 bits per heavy atom. The van der Waals surface area contributed by atoms with E-state index in [0.29, 0.717) is 17.2 Å². The average Bonchev–Trinajstić information content (AvgIpc) is 3.15. The molecule has 2 aromatic rings. The van der Waals surface area contributed by atoms with Crippen molar-refractivity contribution in [2.75, 3.05) is 44.7 Å². The first-order valence-electron chi connectivity index (χ1n) is 8.85. The zero-order chi connectivity index (χ0) is 20.0. The van der Waals surface area contributed by atoms with E-state index in [2.05, 4.69) is 20.5 Å². The van der Waals surface area contributed by atoms with Crippen molar-refractivity contribution in [3.63, 3.8) is 0 Å². The Labute approximate surface area is 164 Å². The molecule has 1 fully saturated rings. The molecule has 0 spiro atoms. The SMILES string of the molecule is O=C(NCc1cccc(C(F)(F)F)c1)c1csc(NCCN2CCOCC2)n1. The van der Waals surface area contributed by atoms with Crippen LogP contribution in [0.4, 0.5) is 18.3 Å². The molecule has 2 heterocycles. The summed E-state index contributed by atoms with van der Waals surface area (Å²) in [5.41, 5.74) is -0.118. The number of alkyl halides is 3. The molecular formula is C18H21F3N4O2S. The van der Waals surface area contributed by atoms with Crippen molar-refractivity contribution in [1.82, 2.24) is 15.2 Å². The van der Waals surface area contributed by atoms with Crippen molar-refractivity contribution < 1.29 is 22.7 Å². The number of thiazole rings is 1. The maximum atomic E-state index is 12.7. The Morgan fingerprint density at radius 1 is 1.29 bits per heavy atom. The summed E-state index contributed by atoms with van der Waals surface area (Å²) in [5.74, 6) is -0.421. The van der Waals surface area contributed by atoms with Crippen LogP contribution < -0.4 is 10.6 Å². The third-order valence-electron chi connectivity index (χ3n) is 4.25. The van der Waals surface area contributed by atoms with Gasteiger partial charge in [-0.2, -0.15) is 13.2 Å². The number of nitrogens with zero attached hydrogens (tertiary/aromatic N) is 2. The Hall–Kier alpha value is -2.17. The van der Waals surface area contributed by atoms with Crippen LogP contribution in [-0.2, 0) is 17.5 Å². The number of halogens is 3. The van der Waals surface area contributed by atoms with Crippen molar-refractivity contribution in [2.45, 2.75) is 12.7 Å². The number of morpholine rings is 1. The van der Waals surface area contributed by atoms with Gasteiger partial charge in [0.05, 0.1) is 18.8 Å². The molecule has 0 unspecified atom stereocenters. The van der Waals surface area contributed by atoms with Crippen molar-refractivity contribution >= 4 is 22.4 Å². The number of rotatable bonds is 7. The van der Waals surface area contributed by atoms with Crippen LogP contribution in [0.3, 0.4) is 0 Å². The first-order valence-corrected chi connectivity index (χ1v) is 9.73. The fourth-order valence-corrected chi connectivity index (χ4v) is 3.45. The number of carbonyl (C=O) groups excluding carboxylic acids is 1. The van der Waals surface area contributed by atoms with E-state index in [1.54, 1.807) is 5.38 Å². The number of anilines is 1. The molecule has 0 atom stereocenters. The molecule has 28 heavy (non-hydrogen) atoms. The van der Waals surface area contributed by atoms with Crippen LogP contribution >= 0.6 is 11.3 Å². The zero-order valence-corrected chi connectivity index (χ0v) is 15.9. The maximum Gasteiger partial charge on any atom is 0.416 e. The van der Waals surface area contributed by atoms with E-state index >= 15 is 0 Å². The fraction of sp³-hybridized carbons (Fsp3) is 0.444. The van der Waals surface area contributed by atoms with Crippen LogP contribution in [-0.4, -0.2) is 55.2 Å². The van der Waals surface area contributed by atoms with Gasteiger partial charge in [0, 0.05) is 38.1 Å². The number of benzene rings is 1. The van der Waals surface area contributed by atoms with E-state index in [0.717, 1.165) is 45.0 Å². The maximum absolute atomic E-state index is 12.7. The second-order valence-corrected chi connectivity index (χ2v) is 7.16. The third kappa shape index (κ3) is 5.91. The molecule has 0 bridgehead atoms. The van der Waals surface area contributed by atoms with Gasteiger partial charge in [-0.1, -0.05) is 12.1 Å². The molecule has 0 radical (unpaired) electrons. The van der Waals surface area contributed by atoms with Gasteiger partial charge in [-0.05, 0) is 17.7 Å². The summed E-state index contributed by atoms with van der Waals surface area (Å²) in [5, 5.41) is 8.05. The van der Waals surface area contributed by atoms with Crippen LogP contribution in [0.15, 0.2) is 29.6 Å². The Bertz CT molecular complexity index is 791. The molecule has 0 saturated carbocycles. The van der Waals surface area contributed by atoms with E-state index < -0.39 is 17.6 Å². The van der Waals surface area contributed by atoms with Gasteiger partial charge in [0.2, 0.25) is 0 Å². The molecule has 1 aliphatic rings. The Balaban J connectivity index is 1.46. The number of hydrogen-bond donors (Lipinski definition) is 2. The first-order chi connectivity index (χ1) is 13.4. The lowest BCUT2D eigenvalue weighted by Crippen LogP contribution is -2.39. The number of nitrogens with one attached hydrogen (secondary N) is 2. The number of carbonyl (C=O) groups is 1. The molecule has 152 valence electrons. The van der Waals surface area contributed by atoms with Gasteiger partial charge in [0.15, 0.2) is 5.13 Å². The molecule has 1 aromatic heterocycles.